The standard InChI is InChI=1S/C9H6N2/c1-3-10-7-5(1)9(7)6-2-4-11-8(6)9/h1-4,10-11H. The number of nitrogens with one attached hydrogen (secondary N) is 2. The van der Waals surface area contributed by atoms with Gasteiger partial charge in [-0.25, -0.2) is 0 Å². The second-order valence-electron chi connectivity index (χ2n) is 3.28. The zero-order valence-corrected chi connectivity index (χ0v) is 5.81. The molecule has 0 amide bonds. The number of hydrogen-bond donors (Lipinski definition) is 2. The van der Waals surface area contributed by atoms with Gasteiger partial charge in [0.1, 0.15) is 5.41 Å². The molecule has 0 radical (unpaired) electrons. The van der Waals surface area contributed by atoms with Gasteiger partial charge in [-0.05, 0) is 23.3 Å². The fraction of sp³-hybridized carbons (Fsp3) is 0.111. The third kappa shape index (κ3) is 0.248. The van der Waals surface area contributed by atoms with Gasteiger partial charge in [0.05, 0.1) is 0 Å². The summed E-state index contributed by atoms with van der Waals surface area (Å²) in [5, 5.41) is 0. The van der Waals surface area contributed by atoms with Crippen LogP contribution in [0.5, 0.6) is 0 Å². The molecule has 0 saturated carbocycles. The molecule has 2 aliphatic rings. The Labute approximate surface area is 63.3 Å². The van der Waals surface area contributed by atoms with Crippen LogP contribution in [0.25, 0.3) is 0 Å². The van der Waals surface area contributed by atoms with Crippen LogP contribution in [-0.2, 0) is 5.41 Å². The molecule has 1 spiro atoms. The van der Waals surface area contributed by atoms with Gasteiger partial charge in [0, 0.05) is 23.8 Å². The minimum atomic E-state index is 0.295. The Hall–Kier alpha value is -1.44. The predicted octanol–water partition coefficient (Wildman–Crippen LogP) is 1.35. The second-order valence-corrected chi connectivity index (χ2v) is 3.28. The van der Waals surface area contributed by atoms with Gasteiger partial charge in [0.15, 0.2) is 0 Å². The summed E-state index contributed by atoms with van der Waals surface area (Å²) < 4.78 is 0. The molecule has 0 unspecified atom stereocenters. The molecule has 2 aromatic rings. The van der Waals surface area contributed by atoms with Crippen LogP contribution >= 0.6 is 0 Å². The minimum Gasteiger partial charge on any atom is -0.363 e. The van der Waals surface area contributed by atoms with Gasteiger partial charge in [-0.3, -0.25) is 0 Å². The number of aromatic nitrogens is 2. The molecule has 4 rings (SSSR count). The predicted molar refractivity (Wildman–Crippen MR) is 40.6 cm³/mol. The van der Waals surface area contributed by atoms with Crippen molar-refractivity contribution in [3.05, 3.63) is 47.0 Å². The van der Waals surface area contributed by atoms with Crippen LogP contribution in [0, 0.1) is 0 Å². The smallest absolute Gasteiger partial charge is 0.104 e. The summed E-state index contributed by atoms with van der Waals surface area (Å²) in [6.45, 7) is 0. The number of aromatic amines is 2. The van der Waals surface area contributed by atoms with Crippen LogP contribution in [0.1, 0.15) is 22.5 Å². The summed E-state index contributed by atoms with van der Waals surface area (Å²) >= 11 is 0. The fourth-order valence-corrected chi connectivity index (χ4v) is 2.35. The molecule has 2 N–H and O–H groups in total. The lowest BCUT2D eigenvalue weighted by molar-refractivity contribution is 1.03. The molecule has 0 fully saturated rings. The van der Waals surface area contributed by atoms with Gasteiger partial charge < -0.3 is 9.97 Å². The first-order valence-corrected chi connectivity index (χ1v) is 3.82. The van der Waals surface area contributed by atoms with Gasteiger partial charge >= 0.3 is 0 Å². The molecule has 0 saturated heterocycles. The Bertz CT molecular complexity index is 377. The lowest BCUT2D eigenvalue weighted by atomic mass is 10.2. The van der Waals surface area contributed by atoms with Crippen molar-refractivity contribution in [1.29, 1.82) is 0 Å². The highest BCUT2D eigenvalue weighted by atomic mass is 14.9. The quantitative estimate of drug-likeness (QED) is 0.371. The van der Waals surface area contributed by atoms with Crippen molar-refractivity contribution in [2.75, 3.05) is 0 Å². The topological polar surface area (TPSA) is 31.6 Å². The van der Waals surface area contributed by atoms with E-state index in [9.17, 15) is 0 Å². The van der Waals surface area contributed by atoms with Crippen LogP contribution in [0.2, 0.25) is 0 Å². The lowest BCUT2D eigenvalue weighted by Crippen LogP contribution is -1.89. The van der Waals surface area contributed by atoms with E-state index in [1.54, 1.807) is 0 Å². The molecule has 2 aliphatic carbocycles. The van der Waals surface area contributed by atoms with Crippen LogP contribution < -0.4 is 0 Å². The molecule has 2 heterocycles. The molecule has 0 aromatic carbocycles. The van der Waals surface area contributed by atoms with Gasteiger partial charge in [0.2, 0.25) is 0 Å². The zero-order chi connectivity index (χ0) is 7.05. The molecule has 2 aromatic heterocycles. The molecule has 0 aliphatic heterocycles. The summed E-state index contributed by atoms with van der Waals surface area (Å²) in [7, 11) is 0. The van der Waals surface area contributed by atoms with E-state index in [1.807, 2.05) is 12.4 Å². The number of hydrogen-bond acceptors (Lipinski definition) is 0. The van der Waals surface area contributed by atoms with Crippen LogP contribution in [0.15, 0.2) is 24.5 Å². The summed E-state index contributed by atoms with van der Waals surface area (Å²) in [5.74, 6) is 0. The van der Waals surface area contributed by atoms with E-state index >= 15 is 0 Å². The van der Waals surface area contributed by atoms with Crippen molar-refractivity contribution in [2.45, 2.75) is 5.41 Å². The first-order chi connectivity index (χ1) is 5.45. The summed E-state index contributed by atoms with van der Waals surface area (Å²) in [6, 6.07) is 4.34. The SMILES string of the molecule is c1cc2c([nH]1)C21c2cc[nH]c21. The largest absolute Gasteiger partial charge is 0.363 e. The second kappa shape index (κ2) is 0.961. The molecule has 0 bridgehead atoms. The van der Waals surface area contributed by atoms with E-state index in [-0.39, 0.29) is 0 Å². The van der Waals surface area contributed by atoms with Gasteiger partial charge in [0.25, 0.3) is 0 Å². The van der Waals surface area contributed by atoms with Crippen LogP contribution in [0.4, 0.5) is 0 Å². The Kier molecular flexibility index (Phi) is 0.388. The minimum absolute atomic E-state index is 0.295. The fourth-order valence-electron chi connectivity index (χ4n) is 2.35. The number of fused-ring (bicyclic) bond motifs is 6. The van der Waals surface area contributed by atoms with Crippen molar-refractivity contribution < 1.29 is 0 Å². The highest BCUT2D eigenvalue weighted by Crippen LogP contribution is 2.69. The van der Waals surface area contributed by atoms with Crippen LogP contribution in [0.3, 0.4) is 0 Å². The third-order valence-corrected chi connectivity index (χ3v) is 2.93. The highest BCUT2D eigenvalue weighted by molar-refractivity contribution is 5.84. The Morgan fingerprint density at radius 2 is 1.45 bits per heavy atom. The highest BCUT2D eigenvalue weighted by Gasteiger charge is 2.68. The first-order valence-electron chi connectivity index (χ1n) is 3.82. The molecule has 11 heavy (non-hydrogen) atoms. The third-order valence-electron chi connectivity index (χ3n) is 2.93. The molecule has 0 atom stereocenters. The average molecular weight is 142 g/mol. The molecule has 52 valence electrons. The van der Waals surface area contributed by atoms with E-state index < -0.39 is 0 Å². The van der Waals surface area contributed by atoms with Crippen molar-refractivity contribution in [3.8, 4) is 0 Å². The van der Waals surface area contributed by atoms with E-state index in [4.69, 9.17) is 0 Å². The van der Waals surface area contributed by atoms with Crippen molar-refractivity contribution >= 4 is 0 Å². The normalized spacial score (nSPS) is 19.6. The molecular weight excluding hydrogens is 136 g/mol. The van der Waals surface area contributed by atoms with E-state index in [2.05, 4.69) is 22.1 Å². The van der Waals surface area contributed by atoms with Crippen molar-refractivity contribution in [1.82, 2.24) is 9.97 Å². The van der Waals surface area contributed by atoms with Gasteiger partial charge in [-0.15, -0.1) is 0 Å². The Balaban J connectivity index is 2.04. The number of H-pyrrole nitrogens is 2. The summed E-state index contributed by atoms with van der Waals surface area (Å²) in [4.78, 5) is 6.52. The maximum atomic E-state index is 3.26. The zero-order valence-electron chi connectivity index (χ0n) is 5.81. The van der Waals surface area contributed by atoms with Crippen molar-refractivity contribution in [2.24, 2.45) is 0 Å². The average Bonchev–Trinajstić information content (AvgIpc) is 2.68. The van der Waals surface area contributed by atoms with E-state index in [0.29, 0.717) is 5.41 Å². The molecule has 2 heteroatoms. The Morgan fingerprint density at radius 3 is 1.82 bits per heavy atom. The van der Waals surface area contributed by atoms with Gasteiger partial charge in [-0.2, -0.15) is 0 Å². The molecular formula is C9H6N2. The van der Waals surface area contributed by atoms with Crippen molar-refractivity contribution in [3.63, 3.8) is 0 Å². The first kappa shape index (κ1) is 4.44. The van der Waals surface area contributed by atoms with Gasteiger partial charge in [-0.1, -0.05) is 0 Å². The summed E-state index contributed by atoms with van der Waals surface area (Å²) in [5.41, 5.74) is 6.04. The van der Waals surface area contributed by atoms with Crippen LogP contribution in [-0.4, -0.2) is 9.97 Å². The maximum Gasteiger partial charge on any atom is 0.104 e. The lowest BCUT2D eigenvalue weighted by Gasteiger charge is -1.88. The monoisotopic (exact) mass is 142 g/mol. The number of rotatable bonds is 0. The Morgan fingerprint density at radius 1 is 0.909 bits per heavy atom. The maximum absolute atomic E-state index is 3.26. The van der Waals surface area contributed by atoms with E-state index in [1.165, 1.54) is 22.5 Å². The molecule has 2 nitrogen and oxygen atoms in total. The van der Waals surface area contributed by atoms with E-state index in [0.717, 1.165) is 0 Å². The summed E-state index contributed by atoms with van der Waals surface area (Å²) in [6.07, 6.45) is 4.02.